The van der Waals surface area contributed by atoms with Crippen LogP contribution in [-0.4, -0.2) is 17.0 Å². The van der Waals surface area contributed by atoms with Gasteiger partial charge in [0.1, 0.15) is 11.6 Å². The van der Waals surface area contributed by atoms with Crippen LogP contribution in [-0.2, 0) is 6.54 Å². The van der Waals surface area contributed by atoms with Crippen LogP contribution in [0.25, 0.3) is 0 Å². The summed E-state index contributed by atoms with van der Waals surface area (Å²) in [6.07, 6.45) is 3.42. The molecule has 18 heavy (non-hydrogen) atoms. The number of nitrogens with zero attached hydrogens (tertiary/aromatic N) is 3. The predicted octanol–water partition coefficient (Wildman–Crippen LogP) is 2.87. The Hall–Kier alpha value is -1.97. The lowest BCUT2D eigenvalue weighted by molar-refractivity contribution is 0.615. The lowest BCUT2D eigenvalue weighted by Crippen LogP contribution is -2.18. The van der Waals surface area contributed by atoms with Gasteiger partial charge in [-0.1, -0.05) is 12.1 Å². The Balaban J connectivity index is 2.16. The summed E-state index contributed by atoms with van der Waals surface area (Å²) in [5, 5.41) is 0. The molecule has 0 N–H and O–H groups in total. The molecule has 0 radical (unpaired) electrons. The van der Waals surface area contributed by atoms with E-state index in [0.29, 0.717) is 12.1 Å². The quantitative estimate of drug-likeness (QED) is 0.832. The van der Waals surface area contributed by atoms with E-state index in [9.17, 15) is 4.39 Å². The van der Waals surface area contributed by atoms with Crippen LogP contribution in [0.4, 0.5) is 10.2 Å². The first-order valence-corrected chi connectivity index (χ1v) is 5.81. The number of rotatable bonds is 3. The van der Waals surface area contributed by atoms with Crippen molar-refractivity contribution in [3.05, 3.63) is 53.2 Å². The summed E-state index contributed by atoms with van der Waals surface area (Å²) >= 11 is 0. The SMILES string of the molecule is Cc1cncc(N(C)Cc2ccc(C)c(F)c2)n1. The number of aryl methyl sites for hydroxylation is 2. The molecule has 1 aromatic heterocycles. The van der Waals surface area contributed by atoms with Crippen molar-refractivity contribution >= 4 is 5.82 Å². The number of benzene rings is 1. The third-order valence-corrected chi connectivity index (χ3v) is 2.79. The van der Waals surface area contributed by atoms with E-state index in [4.69, 9.17) is 0 Å². The third-order valence-electron chi connectivity index (χ3n) is 2.79. The number of hydrogen-bond donors (Lipinski definition) is 0. The number of anilines is 1. The van der Waals surface area contributed by atoms with Crippen LogP contribution >= 0.6 is 0 Å². The molecule has 0 saturated heterocycles. The van der Waals surface area contributed by atoms with Crippen molar-refractivity contribution in [2.45, 2.75) is 20.4 Å². The Kier molecular flexibility index (Phi) is 3.55. The van der Waals surface area contributed by atoms with E-state index >= 15 is 0 Å². The molecule has 3 nitrogen and oxygen atoms in total. The van der Waals surface area contributed by atoms with Crippen molar-refractivity contribution in [1.29, 1.82) is 0 Å². The Morgan fingerprint density at radius 1 is 1.22 bits per heavy atom. The second kappa shape index (κ2) is 5.12. The molecular weight excluding hydrogens is 229 g/mol. The van der Waals surface area contributed by atoms with Crippen LogP contribution in [0, 0.1) is 19.7 Å². The highest BCUT2D eigenvalue weighted by molar-refractivity contribution is 5.37. The van der Waals surface area contributed by atoms with Gasteiger partial charge in [0.2, 0.25) is 0 Å². The largest absolute Gasteiger partial charge is 0.354 e. The minimum Gasteiger partial charge on any atom is -0.354 e. The van der Waals surface area contributed by atoms with Gasteiger partial charge in [-0.25, -0.2) is 9.37 Å². The maximum absolute atomic E-state index is 13.4. The van der Waals surface area contributed by atoms with Gasteiger partial charge in [-0.3, -0.25) is 4.98 Å². The predicted molar refractivity (Wildman–Crippen MR) is 70.0 cm³/mol. The maximum atomic E-state index is 13.4. The average molecular weight is 245 g/mol. The van der Waals surface area contributed by atoms with E-state index in [1.165, 1.54) is 0 Å². The van der Waals surface area contributed by atoms with Crippen LogP contribution in [0.15, 0.2) is 30.6 Å². The van der Waals surface area contributed by atoms with Crippen LogP contribution in [0.2, 0.25) is 0 Å². The summed E-state index contributed by atoms with van der Waals surface area (Å²) in [4.78, 5) is 10.4. The summed E-state index contributed by atoms with van der Waals surface area (Å²) < 4.78 is 13.4. The van der Waals surface area contributed by atoms with Gasteiger partial charge in [0.05, 0.1) is 11.9 Å². The zero-order chi connectivity index (χ0) is 13.1. The Morgan fingerprint density at radius 3 is 2.67 bits per heavy atom. The molecule has 4 heteroatoms. The first kappa shape index (κ1) is 12.5. The van der Waals surface area contributed by atoms with Gasteiger partial charge in [0.25, 0.3) is 0 Å². The highest BCUT2D eigenvalue weighted by Crippen LogP contribution is 2.14. The van der Waals surface area contributed by atoms with Crippen molar-refractivity contribution in [3.8, 4) is 0 Å². The fraction of sp³-hybridized carbons (Fsp3) is 0.286. The molecule has 0 bridgehead atoms. The summed E-state index contributed by atoms with van der Waals surface area (Å²) in [7, 11) is 1.92. The molecule has 1 aromatic carbocycles. The lowest BCUT2D eigenvalue weighted by atomic mass is 10.1. The summed E-state index contributed by atoms with van der Waals surface area (Å²) in [6.45, 7) is 4.26. The molecule has 2 aromatic rings. The van der Waals surface area contributed by atoms with Crippen molar-refractivity contribution in [2.75, 3.05) is 11.9 Å². The first-order chi connectivity index (χ1) is 8.56. The second-order valence-corrected chi connectivity index (χ2v) is 4.46. The van der Waals surface area contributed by atoms with Gasteiger partial charge in [0, 0.05) is 19.8 Å². The summed E-state index contributed by atoms with van der Waals surface area (Å²) in [6, 6.07) is 5.29. The van der Waals surface area contributed by atoms with Crippen LogP contribution < -0.4 is 4.90 Å². The van der Waals surface area contributed by atoms with Gasteiger partial charge in [-0.15, -0.1) is 0 Å². The molecule has 0 aliphatic heterocycles. The minimum atomic E-state index is -0.170. The highest BCUT2D eigenvalue weighted by atomic mass is 19.1. The molecular formula is C14H16FN3. The van der Waals surface area contributed by atoms with E-state index in [1.807, 2.05) is 24.9 Å². The molecule has 94 valence electrons. The molecule has 1 heterocycles. The molecule has 0 spiro atoms. The van der Waals surface area contributed by atoms with Gasteiger partial charge < -0.3 is 4.90 Å². The van der Waals surface area contributed by atoms with Crippen LogP contribution in [0.1, 0.15) is 16.8 Å². The lowest BCUT2D eigenvalue weighted by Gasteiger charge is -2.18. The Bertz CT molecular complexity index is 554. The fourth-order valence-corrected chi connectivity index (χ4v) is 1.72. The van der Waals surface area contributed by atoms with Gasteiger partial charge in [-0.05, 0) is 31.0 Å². The number of halogens is 1. The first-order valence-electron chi connectivity index (χ1n) is 5.81. The van der Waals surface area contributed by atoms with Crippen molar-refractivity contribution < 1.29 is 4.39 Å². The summed E-state index contributed by atoms with van der Waals surface area (Å²) in [5.41, 5.74) is 2.45. The van der Waals surface area contributed by atoms with E-state index in [1.54, 1.807) is 31.5 Å². The maximum Gasteiger partial charge on any atom is 0.147 e. The molecule has 2 rings (SSSR count). The van der Waals surface area contributed by atoms with Gasteiger partial charge in [-0.2, -0.15) is 0 Å². The normalized spacial score (nSPS) is 10.4. The molecule has 0 unspecified atom stereocenters. The molecule has 0 atom stereocenters. The summed E-state index contributed by atoms with van der Waals surface area (Å²) in [5.74, 6) is 0.618. The molecule has 0 amide bonds. The van der Waals surface area contributed by atoms with E-state index in [-0.39, 0.29) is 5.82 Å². The van der Waals surface area contributed by atoms with Crippen molar-refractivity contribution in [3.63, 3.8) is 0 Å². The molecule has 0 aliphatic rings. The van der Waals surface area contributed by atoms with E-state index < -0.39 is 0 Å². The minimum absolute atomic E-state index is 0.170. The van der Waals surface area contributed by atoms with Crippen LogP contribution in [0.3, 0.4) is 0 Å². The van der Waals surface area contributed by atoms with Crippen LogP contribution in [0.5, 0.6) is 0 Å². The van der Waals surface area contributed by atoms with E-state index in [0.717, 1.165) is 17.1 Å². The highest BCUT2D eigenvalue weighted by Gasteiger charge is 2.06. The number of aromatic nitrogens is 2. The Labute approximate surface area is 106 Å². The third kappa shape index (κ3) is 2.83. The topological polar surface area (TPSA) is 29.0 Å². The zero-order valence-electron chi connectivity index (χ0n) is 10.8. The van der Waals surface area contributed by atoms with Gasteiger partial charge >= 0.3 is 0 Å². The van der Waals surface area contributed by atoms with Crippen molar-refractivity contribution in [2.24, 2.45) is 0 Å². The Morgan fingerprint density at radius 2 is 2.00 bits per heavy atom. The molecule has 0 aliphatic carbocycles. The standard InChI is InChI=1S/C14H16FN3/c1-10-4-5-12(6-13(10)15)9-18(3)14-8-16-7-11(2)17-14/h4-8H,9H2,1-3H3. The number of hydrogen-bond acceptors (Lipinski definition) is 3. The second-order valence-electron chi connectivity index (χ2n) is 4.46. The van der Waals surface area contributed by atoms with E-state index in [2.05, 4.69) is 9.97 Å². The van der Waals surface area contributed by atoms with Crippen molar-refractivity contribution in [1.82, 2.24) is 9.97 Å². The smallest absolute Gasteiger partial charge is 0.147 e. The molecule has 0 fully saturated rings. The fourth-order valence-electron chi connectivity index (χ4n) is 1.72. The molecule has 0 saturated carbocycles. The zero-order valence-corrected chi connectivity index (χ0v) is 10.8. The average Bonchev–Trinajstić information content (AvgIpc) is 2.34. The van der Waals surface area contributed by atoms with Gasteiger partial charge in [0.15, 0.2) is 0 Å². The monoisotopic (exact) mass is 245 g/mol.